The molecule has 6 heteroatoms. The van der Waals surface area contributed by atoms with E-state index in [1.165, 1.54) is 0 Å². The fourth-order valence-electron chi connectivity index (χ4n) is 5.68. The lowest BCUT2D eigenvalue weighted by Gasteiger charge is -2.44. The third kappa shape index (κ3) is 6.82. The minimum atomic E-state index is -0.399. The lowest BCUT2D eigenvalue weighted by molar-refractivity contribution is -0.202. The largest absolute Gasteiger partial charge is 0.489 e. The monoisotopic (exact) mass is 542 g/mol. The van der Waals surface area contributed by atoms with Crippen LogP contribution in [0.2, 0.25) is 0 Å². The predicted molar refractivity (Wildman–Crippen MR) is 151 cm³/mol. The topological polar surface area (TPSA) is 55.4 Å². The van der Waals surface area contributed by atoms with Crippen molar-refractivity contribution in [3.63, 3.8) is 0 Å². The molecule has 0 spiro atoms. The van der Waals surface area contributed by atoms with Gasteiger partial charge in [-0.15, -0.1) is 0 Å². The maximum atomic E-state index is 6.60. The van der Waals surface area contributed by atoms with E-state index in [0.29, 0.717) is 26.4 Å². The van der Waals surface area contributed by atoms with Crippen molar-refractivity contribution >= 4 is 0 Å². The molecular formula is C34H38O6. The smallest absolute Gasteiger partial charge is 0.143 e. The molecule has 2 saturated heterocycles. The van der Waals surface area contributed by atoms with Crippen LogP contribution in [0.15, 0.2) is 103 Å². The van der Waals surface area contributed by atoms with Gasteiger partial charge in [0.05, 0.1) is 32.5 Å². The normalized spacial score (nSPS) is 28.2. The van der Waals surface area contributed by atoms with E-state index in [2.05, 4.69) is 42.5 Å². The van der Waals surface area contributed by atoms with Crippen molar-refractivity contribution in [1.29, 1.82) is 0 Å². The Morgan fingerprint density at radius 2 is 1.23 bits per heavy atom. The number of fused-ring (bicyclic) bond motifs is 1. The van der Waals surface area contributed by atoms with Gasteiger partial charge in [-0.25, -0.2) is 0 Å². The molecule has 0 unspecified atom stereocenters. The summed E-state index contributed by atoms with van der Waals surface area (Å²) in [4.78, 5) is 0. The van der Waals surface area contributed by atoms with Gasteiger partial charge < -0.3 is 28.4 Å². The molecule has 0 radical (unpaired) electrons. The van der Waals surface area contributed by atoms with Gasteiger partial charge in [-0.05, 0) is 42.0 Å². The van der Waals surface area contributed by atoms with Crippen LogP contribution in [0.1, 0.15) is 36.0 Å². The summed E-state index contributed by atoms with van der Waals surface area (Å²) in [5.74, 6) is 0.760. The molecule has 3 aliphatic heterocycles. The summed E-state index contributed by atoms with van der Waals surface area (Å²) in [7, 11) is 0. The molecule has 0 amide bonds. The van der Waals surface area contributed by atoms with Crippen LogP contribution < -0.4 is 0 Å². The van der Waals surface area contributed by atoms with E-state index in [0.717, 1.165) is 48.3 Å². The highest BCUT2D eigenvalue weighted by Crippen LogP contribution is 2.35. The van der Waals surface area contributed by atoms with Gasteiger partial charge in [-0.1, -0.05) is 91.0 Å². The molecule has 210 valence electrons. The van der Waals surface area contributed by atoms with Gasteiger partial charge >= 0.3 is 0 Å². The summed E-state index contributed by atoms with van der Waals surface area (Å²) in [6, 6.07) is 30.7. The molecule has 3 aliphatic rings. The minimum absolute atomic E-state index is 0.0847. The first-order valence-corrected chi connectivity index (χ1v) is 14.4. The number of rotatable bonds is 10. The molecule has 6 rings (SSSR count). The van der Waals surface area contributed by atoms with Gasteiger partial charge in [0.15, 0.2) is 0 Å². The maximum Gasteiger partial charge on any atom is 0.143 e. The van der Waals surface area contributed by atoms with Crippen LogP contribution >= 0.6 is 0 Å². The van der Waals surface area contributed by atoms with E-state index in [4.69, 9.17) is 28.4 Å². The van der Waals surface area contributed by atoms with Gasteiger partial charge in [0, 0.05) is 6.61 Å². The average Bonchev–Trinajstić information content (AvgIpc) is 3.03. The Kier molecular flexibility index (Phi) is 9.22. The zero-order valence-corrected chi connectivity index (χ0v) is 22.8. The fourth-order valence-corrected chi connectivity index (χ4v) is 5.68. The Hall–Kier alpha value is -3.00. The summed E-state index contributed by atoms with van der Waals surface area (Å²) < 4.78 is 38.7. The van der Waals surface area contributed by atoms with Crippen LogP contribution in [0, 0.1) is 0 Å². The maximum absolute atomic E-state index is 6.60. The quantitative estimate of drug-likeness (QED) is 0.314. The zero-order valence-electron chi connectivity index (χ0n) is 22.8. The van der Waals surface area contributed by atoms with E-state index in [1.54, 1.807) is 0 Å². The fraction of sp³-hybridized carbons (Fsp3) is 0.412. The SMILES string of the molecule is C1=C([C@H]2OCC[C@@H](OCc3ccccc3)[C@@H]2OCc2ccccc2)O[C@H]2CCCO[C@@H]2[C@H]1OCc1ccccc1. The standard InChI is InChI=1S/C34H38O6/c1-4-11-25(12-5-1)22-37-28-18-20-36-34(33(28)39-24-27-15-8-3-9-16-27)31-21-30(32-29(40-31)17-10-19-35-32)38-23-26-13-6-2-7-14-26/h1-9,11-16,21,28-30,32-34H,10,17-20,22-24H2/t28-,29+,30+,32+,33+,34-/m1/s1. The Labute approximate surface area is 236 Å². The Bertz CT molecular complexity index is 1200. The van der Waals surface area contributed by atoms with Crippen LogP contribution in [-0.2, 0) is 48.2 Å². The van der Waals surface area contributed by atoms with E-state index >= 15 is 0 Å². The molecule has 6 atom stereocenters. The van der Waals surface area contributed by atoms with Gasteiger partial charge in [0.2, 0.25) is 0 Å². The molecule has 0 aromatic heterocycles. The van der Waals surface area contributed by atoms with Crippen LogP contribution in [0.4, 0.5) is 0 Å². The molecule has 0 N–H and O–H groups in total. The van der Waals surface area contributed by atoms with Gasteiger partial charge in [0.25, 0.3) is 0 Å². The zero-order chi connectivity index (χ0) is 27.0. The number of hydrogen-bond acceptors (Lipinski definition) is 6. The second-order valence-corrected chi connectivity index (χ2v) is 10.6. The molecule has 2 fully saturated rings. The first kappa shape index (κ1) is 27.2. The van der Waals surface area contributed by atoms with Crippen LogP contribution in [-0.4, -0.2) is 49.8 Å². The molecule has 40 heavy (non-hydrogen) atoms. The lowest BCUT2D eigenvalue weighted by Crippen LogP contribution is -2.53. The molecule has 0 bridgehead atoms. The number of hydrogen-bond donors (Lipinski definition) is 0. The number of benzene rings is 3. The second kappa shape index (κ2) is 13.6. The van der Waals surface area contributed by atoms with Crippen molar-refractivity contribution in [2.45, 2.75) is 75.7 Å². The van der Waals surface area contributed by atoms with E-state index in [9.17, 15) is 0 Å². The molecule has 3 aromatic carbocycles. The van der Waals surface area contributed by atoms with Crippen molar-refractivity contribution < 1.29 is 28.4 Å². The predicted octanol–water partition coefficient (Wildman–Crippen LogP) is 5.99. The molecule has 3 heterocycles. The minimum Gasteiger partial charge on any atom is -0.489 e. The van der Waals surface area contributed by atoms with Crippen molar-refractivity contribution in [3.05, 3.63) is 120 Å². The molecule has 6 nitrogen and oxygen atoms in total. The summed E-state index contributed by atoms with van der Waals surface area (Å²) in [5, 5.41) is 0. The third-order valence-corrected chi connectivity index (χ3v) is 7.77. The highest BCUT2D eigenvalue weighted by atomic mass is 16.6. The van der Waals surface area contributed by atoms with E-state index < -0.39 is 6.10 Å². The Balaban J connectivity index is 1.23. The summed E-state index contributed by atoms with van der Waals surface area (Å²) in [5.41, 5.74) is 3.37. The highest BCUT2D eigenvalue weighted by molar-refractivity contribution is 5.19. The van der Waals surface area contributed by atoms with Gasteiger partial charge in [-0.2, -0.15) is 0 Å². The second-order valence-electron chi connectivity index (χ2n) is 10.6. The third-order valence-electron chi connectivity index (χ3n) is 7.77. The molecule has 0 saturated carbocycles. The number of ether oxygens (including phenoxy) is 6. The van der Waals surface area contributed by atoms with Gasteiger partial charge in [-0.3, -0.25) is 0 Å². The molecular weight excluding hydrogens is 504 g/mol. The van der Waals surface area contributed by atoms with Crippen LogP contribution in [0.5, 0.6) is 0 Å². The summed E-state index contributed by atoms with van der Waals surface area (Å²) in [6.07, 6.45) is 3.35. The summed E-state index contributed by atoms with van der Waals surface area (Å²) >= 11 is 0. The summed E-state index contributed by atoms with van der Waals surface area (Å²) in [6.45, 7) is 2.77. The van der Waals surface area contributed by atoms with Crippen molar-refractivity contribution in [2.24, 2.45) is 0 Å². The Morgan fingerprint density at radius 1 is 0.625 bits per heavy atom. The first-order chi connectivity index (χ1) is 19.8. The molecule has 3 aromatic rings. The van der Waals surface area contributed by atoms with Crippen LogP contribution in [0.3, 0.4) is 0 Å². The van der Waals surface area contributed by atoms with Gasteiger partial charge in [0.1, 0.15) is 36.3 Å². The van der Waals surface area contributed by atoms with E-state index in [-0.39, 0.29) is 30.5 Å². The van der Waals surface area contributed by atoms with Crippen molar-refractivity contribution in [2.75, 3.05) is 13.2 Å². The first-order valence-electron chi connectivity index (χ1n) is 14.4. The van der Waals surface area contributed by atoms with E-state index in [1.807, 2.05) is 54.6 Å². The highest BCUT2D eigenvalue weighted by Gasteiger charge is 2.45. The van der Waals surface area contributed by atoms with Crippen LogP contribution in [0.25, 0.3) is 0 Å². The Morgan fingerprint density at radius 3 is 1.88 bits per heavy atom. The lowest BCUT2D eigenvalue weighted by atomic mass is 9.93. The average molecular weight is 543 g/mol. The van der Waals surface area contributed by atoms with Crippen molar-refractivity contribution in [1.82, 2.24) is 0 Å². The molecule has 0 aliphatic carbocycles. The van der Waals surface area contributed by atoms with Crippen molar-refractivity contribution in [3.8, 4) is 0 Å².